The molecule has 0 aliphatic heterocycles. The summed E-state index contributed by atoms with van der Waals surface area (Å²) in [4.78, 5) is 0. The van der Waals surface area contributed by atoms with Gasteiger partial charge in [-0.2, -0.15) is 0 Å². The van der Waals surface area contributed by atoms with E-state index in [4.69, 9.17) is 5.11 Å². The molecular weight excluding hydrogens is 222 g/mol. The Kier molecular flexibility index (Phi) is 5.06. The lowest BCUT2D eigenvalue weighted by atomic mass is 9.83. The molecule has 2 rings (SSSR count). The minimum Gasteiger partial charge on any atom is -0.396 e. The summed E-state index contributed by atoms with van der Waals surface area (Å²) in [5.41, 5.74) is 2.43. The van der Waals surface area contributed by atoms with Crippen molar-refractivity contribution in [1.29, 1.82) is 0 Å². The van der Waals surface area contributed by atoms with Crippen molar-refractivity contribution in [3.63, 3.8) is 0 Å². The van der Waals surface area contributed by atoms with Crippen LogP contribution >= 0.6 is 0 Å². The molecule has 2 unspecified atom stereocenters. The first kappa shape index (κ1) is 13.4. The lowest BCUT2D eigenvalue weighted by Gasteiger charge is -2.32. The maximum Gasteiger partial charge on any atom is 0.0471 e. The molecule has 0 aromatic heterocycles. The lowest BCUT2D eigenvalue weighted by Crippen LogP contribution is -2.31. The Morgan fingerprint density at radius 2 is 1.89 bits per heavy atom. The van der Waals surface area contributed by atoms with Gasteiger partial charge in [-0.05, 0) is 42.9 Å². The number of aliphatic hydroxyl groups excluding tert-OH is 1. The molecule has 1 aromatic rings. The molecule has 0 heterocycles. The molecule has 0 spiro atoms. The zero-order valence-electron chi connectivity index (χ0n) is 11.4. The third kappa shape index (κ3) is 3.49. The van der Waals surface area contributed by atoms with E-state index in [0.717, 1.165) is 12.3 Å². The Morgan fingerprint density at radius 1 is 1.17 bits per heavy atom. The standard InChI is InChI=1S/C16H25NO/c1-2-14-5-3-4-6-16(14)17-15-9-7-13(8-10-15)11-12-18/h7-10,14,16-18H,2-6,11-12H2,1H3. The van der Waals surface area contributed by atoms with Gasteiger partial charge in [-0.3, -0.25) is 0 Å². The van der Waals surface area contributed by atoms with Crippen LogP contribution in [0.1, 0.15) is 44.6 Å². The SMILES string of the molecule is CCC1CCCCC1Nc1ccc(CCO)cc1. The molecule has 0 amide bonds. The lowest BCUT2D eigenvalue weighted by molar-refractivity contribution is 0.299. The fourth-order valence-corrected chi connectivity index (χ4v) is 3.00. The van der Waals surface area contributed by atoms with Crippen LogP contribution in [-0.4, -0.2) is 17.8 Å². The summed E-state index contributed by atoms with van der Waals surface area (Å²) in [6.07, 6.45) is 7.46. The van der Waals surface area contributed by atoms with E-state index >= 15 is 0 Å². The summed E-state index contributed by atoms with van der Waals surface area (Å²) in [5, 5.41) is 12.6. The Balaban J connectivity index is 1.95. The van der Waals surface area contributed by atoms with Crippen molar-refractivity contribution in [1.82, 2.24) is 0 Å². The summed E-state index contributed by atoms with van der Waals surface area (Å²) in [5.74, 6) is 0.830. The number of anilines is 1. The molecule has 2 atom stereocenters. The molecule has 1 aliphatic rings. The predicted octanol–water partition coefficient (Wildman–Crippen LogP) is 3.60. The Morgan fingerprint density at radius 3 is 2.56 bits per heavy atom. The fourth-order valence-electron chi connectivity index (χ4n) is 3.00. The predicted molar refractivity (Wildman–Crippen MR) is 76.9 cm³/mol. The van der Waals surface area contributed by atoms with E-state index in [9.17, 15) is 0 Å². The minimum absolute atomic E-state index is 0.229. The van der Waals surface area contributed by atoms with E-state index in [1.165, 1.54) is 43.4 Å². The van der Waals surface area contributed by atoms with Crippen molar-refractivity contribution in [2.24, 2.45) is 5.92 Å². The first-order valence-corrected chi connectivity index (χ1v) is 7.30. The molecule has 2 nitrogen and oxygen atoms in total. The zero-order chi connectivity index (χ0) is 12.8. The topological polar surface area (TPSA) is 32.3 Å². The summed E-state index contributed by atoms with van der Waals surface area (Å²) in [6.45, 7) is 2.53. The quantitative estimate of drug-likeness (QED) is 0.833. The van der Waals surface area contributed by atoms with Gasteiger partial charge in [0, 0.05) is 18.3 Å². The van der Waals surface area contributed by atoms with Gasteiger partial charge in [0.05, 0.1) is 0 Å². The second-order valence-corrected chi connectivity index (χ2v) is 5.37. The molecule has 2 heteroatoms. The van der Waals surface area contributed by atoms with Crippen LogP contribution in [0.15, 0.2) is 24.3 Å². The normalized spacial score (nSPS) is 23.9. The molecule has 0 saturated heterocycles. The van der Waals surface area contributed by atoms with Crippen LogP contribution in [0.3, 0.4) is 0 Å². The molecule has 2 N–H and O–H groups in total. The minimum atomic E-state index is 0.229. The number of hydrogen-bond donors (Lipinski definition) is 2. The monoisotopic (exact) mass is 247 g/mol. The third-order valence-electron chi connectivity index (χ3n) is 4.14. The summed E-state index contributed by atoms with van der Waals surface area (Å²) in [7, 11) is 0. The first-order valence-electron chi connectivity index (χ1n) is 7.30. The van der Waals surface area contributed by atoms with Gasteiger partial charge in [0.15, 0.2) is 0 Å². The summed E-state index contributed by atoms with van der Waals surface area (Å²) in [6, 6.07) is 9.16. The highest BCUT2D eigenvalue weighted by atomic mass is 16.2. The third-order valence-corrected chi connectivity index (χ3v) is 4.14. The fraction of sp³-hybridized carbons (Fsp3) is 0.625. The van der Waals surface area contributed by atoms with Gasteiger partial charge < -0.3 is 10.4 Å². The van der Waals surface area contributed by atoms with Crippen LogP contribution in [0.25, 0.3) is 0 Å². The Bertz CT molecular complexity index is 347. The molecule has 100 valence electrons. The summed E-state index contributed by atoms with van der Waals surface area (Å²) < 4.78 is 0. The van der Waals surface area contributed by atoms with Gasteiger partial charge in [0.25, 0.3) is 0 Å². The van der Waals surface area contributed by atoms with E-state index < -0.39 is 0 Å². The number of benzene rings is 1. The van der Waals surface area contributed by atoms with E-state index in [1.54, 1.807) is 0 Å². The maximum absolute atomic E-state index is 8.90. The van der Waals surface area contributed by atoms with E-state index in [2.05, 4.69) is 36.5 Å². The Hall–Kier alpha value is -1.02. The smallest absolute Gasteiger partial charge is 0.0471 e. The van der Waals surface area contributed by atoms with Gasteiger partial charge in [-0.25, -0.2) is 0 Å². The van der Waals surface area contributed by atoms with E-state index in [0.29, 0.717) is 6.04 Å². The molecule has 0 bridgehead atoms. The van der Waals surface area contributed by atoms with Gasteiger partial charge in [0.1, 0.15) is 0 Å². The number of nitrogens with one attached hydrogen (secondary N) is 1. The number of aliphatic hydroxyl groups is 1. The second-order valence-electron chi connectivity index (χ2n) is 5.37. The van der Waals surface area contributed by atoms with Gasteiger partial charge in [-0.15, -0.1) is 0 Å². The van der Waals surface area contributed by atoms with Gasteiger partial charge >= 0.3 is 0 Å². The van der Waals surface area contributed by atoms with Crippen molar-refractivity contribution < 1.29 is 5.11 Å². The largest absolute Gasteiger partial charge is 0.396 e. The average molecular weight is 247 g/mol. The molecule has 0 radical (unpaired) electrons. The van der Waals surface area contributed by atoms with E-state index in [-0.39, 0.29) is 6.61 Å². The number of hydrogen-bond acceptors (Lipinski definition) is 2. The maximum atomic E-state index is 8.90. The number of rotatable bonds is 5. The van der Waals surface area contributed by atoms with E-state index in [1.807, 2.05) is 0 Å². The van der Waals surface area contributed by atoms with Crippen molar-refractivity contribution in [2.45, 2.75) is 51.5 Å². The van der Waals surface area contributed by atoms with Crippen molar-refractivity contribution in [3.05, 3.63) is 29.8 Å². The highest BCUT2D eigenvalue weighted by molar-refractivity contribution is 5.45. The highest BCUT2D eigenvalue weighted by Crippen LogP contribution is 2.29. The summed E-state index contributed by atoms with van der Waals surface area (Å²) >= 11 is 0. The molecule has 1 saturated carbocycles. The molecule has 1 aliphatic carbocycles. The van der Waals surface area contributed by atoms with Crippen LogP contribution in [0, 0.1) is 5.92 Å². The highest BCUT2D eigenvalue weighted by Gasteiger charge is 2.23. The van der Waals surface area contributed by atoms with Crippen LogP contribution < -0.4 is 5.32 Å². The van der Waals surface area contributed by atoms with Crippen molar-refractivity contribution >= 4 is 5.69 Å². The molecule has 1 fully saturated rings. The molecular formula is C16H25NO. The van der Waals surface area contributed by atoms with Crippen molar-refractivity contribution in [2.75, 3.05) is 11.9 Å². The van der Waals surface area contributed by atoms with Gasteiger partial charge in [0.2, 0.25) is 0 Å². The van der Waals surface area contributed by atoms with Crippen LogP contribution in [0.2, 0.25) is 0 Å². The molecule has 18 heavy (non-hydrogen) atoms. The van der Waals surface area contributed by atoms with Crippen molar-refractivity contribution in [3.8, 4) is 0 Å². The van der Waals surface area contributed by atoms with Crippen LogP contribution in [0.4, 0.5) is 5.69 Å². The van der Waals surface area contributed by atoms with Gasteiger partial charge in [-0.1, -0.05) is 38.3 Å². The van der Waals surface area contributed by atoms with Crippen LogP contribution in [-0.2, 0) is 6.42 Å². The average Bonchev–Trinajstić information content (AvgIpc) is 2.42. The zero-order valence-corrected chi connectivity index (χ0v) is 11.4. The van der Waals surface area contributed by atoms with Crippen LogP contribution in [0.5, 0.6) is 0 Å². The second kappa shape index (κ2) is 6.79. The Labute approximate surface area is 110 Å². The molecule has 1 aromatic carbocycles. The first-order chi connectivity index (χ1) is 8.83.